The molecule has 3 heterocycles. The number of aryl methyl sites for hydroxylation is 2. The van der Waals surface area contributed by atoms with Crippen LogP contribution in [0, 0.1) is 0 Å². The monoisotopic (exact) mass is 318 g/mol. The molecule has 2 aromatic rings. The van der Waals surface area contributed by atoms with Gasteiger partial charge in [0, 0.05) is 45.8 Å². The van der Waals surface area contributed by atoms with Crippen LogP contribution >= 0.6 is 0 Å². The lowest BCUT2D eigenvalue weighted by molar-refractivity contribution is -0.0581. The van der Waals surface area contributed by atoms with Gasteiger partial charge in [-0.1, -0.05) is 0 Å². The third-order valence-corrected chi connectivity index (χ3v) is 4.25. The zero-order valence-corrected chi connectivity index (χ0v) is 13.6. The van der Waals surface area contributed by atoms with Crippen LogP contribution in [0.2, 0.25) is 0 Å². The Labute approximate surface area is 134 Å². The molecule has 3 rings (SSSR count). The molecule has 1 saturated heterocycles. The summed E-state index contributed by atoms with van der Waals surface area (Å²) in [5.74, 6) is 0.343. The van der Waals surface area contributed by atoms with E-state index in [1.807, 2.05) is 17.8 Å². The predicted octanol–water partition coefficient (Wildman–Crippen LogP) is -0.00240. The molecule has 23 heavy (non-hydrogen) atoms. The molecule has 1 aliphatic rings. The fourth-order valence-electron chi connectivity index (χ4n) is 2.94. The van der Waals surface area contributed by atoms with Crippen LogP contribution in [-0.4, -0.2) is 57.1 Å². The number of hydrogen-bond donors (Lipinski definition) is 1. The van der Waals surface area contributed by atoms with Crippen molar-refractivity contribution in [2.75, 3.05) is 32.1 Å². The molecule has 8 heteroatoms. The highest BCUT2D eigenvalue weighted by Crippen LogP contribution is 2.27. The Morgan fingerprint density at radius 2 is 2.17 bits per heavy atom. The number of rotatable bonds is 4. The van der Waals surface area contributed by atoms with Gasteiger partial charge in [-0.25, -0.2) is 4.98 Å². The fourth-order valence-corrected chi connectivity index (χ4v) is 2.94. The van der Waals surface area contributed by atoms with Crippen molar-refractivity contribution in [1.82, 2.24) is 24.2 Å². The molecule has 0 saturated carbocycles. The molecular weight excluding hydrogens is 296 g/mol. The number of ether oxygens (including phenoxy) is 1. The zero-order valence-electron chi connectivity index (χ0n) is 13.6. The van der Waals surface area contributed by atoms with E-state index in [1.165, 1.54) is 4.57 Å². The van der Waals surface area contributed by atoms with Crippen LogP contribution in [0.15, 0.2) is 29.5 Å². The van der Waals surface area contributed by atoms with Crippen LogP contribution in [0.4, 0.5) is 5.82 Å². The van der Waals surface area contributed by atoms with Crippen molar-refractivity contribution in [3.05, 3.63) is 40.7 Å². The van der Waals surface area contributed by atoms with Crippen LogP contribution in [0.3, 0.4) is 0 Å². The second-order valence-corrected chi connectivity index (χ2v) is 5.79. The van der Waals surface area contributed by atoms with Crippen molar-refractivity contribution < 1.29 is 4.74 Å². The molecule has 0 bridgehead atoms. The summed E-state index contributed by atoms with van der Waals surface area (Å²) in [6.45, 7) is 2.03. The van der Waals surface area contributed by atoms with Crippen molar-refractivity contribution in [2.24, 2.45) is 14.1 Å². The standard InChI is InChI=1S/C15H22N6O2/c1-19-8-9-23-12(13(19)11-4-5-18-21(11)3)10-17-14-15(22)20(2)7-6-16-14/h4-7,12-13H,8-10H2,1-3H3,(H,16,17)/t12-,13-/m0/s1. The van der Waals surface area contributed by atoms with Gasteiger partial charge in [0.05, 0.1) is 24.4 Å². The van der Waals surface area contributed by atoms with Gasteiger partial charge in [-0.05, 0) is 13.1 Å². The Morgan fingerprint density at radius 3 is 2.91 bits per heavy atom. The summed E-state index contributed by atoms with van der Waals surface area (Å²) in [6.07, 6.45) is 4.94. The lowest BCUT2D eigenvalue weighted by Gasteiger charge is -2.39. The van der Waals surface area contributed by atoms with Crippen LogP contribution in [-0.2, 0) is 18.8 Å². The Bertz CT molecular complexity index is 725. The summed E-state index contributed by atoms with van der Waals surface area (Å²) >= 11 is 0. The first kappa shape index (κ1) is 15.7. The van der Waals surface area contributed by atoms with E-state index in [0.717, 1.165) is 12.2 Å². The fraction of sp³-hybridized carbons (Fsp3) is 0.533. The van der Waals surface area contributed by atoms with Crippen molar-refractivity contribution in [3.63, 3.8) is 0 Å². The summed E-state index contributed by atoms with van der Waals surface area (Å²) in [6, 6.07) is 2.08. The highest BCUT2D eigenvalue weighted by molar-refractivity contribution is 5.31. The normalized spacial score (nSPS) is 22.2. The smallest absolute Gasteiger partial charge is 0.293 e. The molecular formula is C15H22N6O2. The molecule has 0 spiro atoms. The van der Waals surface area contributed by atoms with E-state index in [0.29, 0.717) is 19.0 Å². The number of nitrogens with one attached hydrogen (secondary N) is 1. The Morgan fingerprint density at radius 1 is 1.35 bits per heavy atom. The van der Waals surface area contributed by atoms with E-state index in [9.17, 15) is 4.79 Å². The first-order valence-electron chi connectivity index (χ1n) is 7.63. The first-order chi connectivity index (χ1) is 11.1. The number of anilines is 1. The quantitative estimate of drug-likeness (QED) is 0.855. The van der Waals surface area contributed by atoms with Gasteiger partial charge < -0.3 is 14.6 Å². The first-order valence-corrected chi connectivity index (χ1v) is 7.63. The number of aromatic nitrogens is 4. The topological polar surface area (TPSA) is 77.2 Å². The maximum atomic E-state index is 12.0. The molecule has 1 fully saturated rings. The minimum absolute atomic E-state index is 0.0799. The number of morpholine rings is 1. The van der Waals surface area contributed by atoms with Gasteiger partial charge >= 0.3 is 0 Å². The average Bonchev–Trinajstić information content (AvgIpc) is 2.94. The minimum atomic E-state index is -0.145. The molecule has 0 unspecified atom stereocenters. The maximum absolute atomic E-state index is 12.0. The molecule has 2 atom stereocenters. The summed E-state index contributed by atoms with van der Waals surface area (Å²) in [5, 5.41) is 7.38. The molecule has 0 amide bonds. The Kier molecular flexibility index (Phi) is 4.44. The van der Waals surface area contributed by atoms with Gasteiger partial charge in [-0.15, -0.1) is 0 Å². The molecule has 0 aliphatic carbocycles. The molecule has 0 aromatic carbocycles. The van der Waals surface area contributed by atoms with Crippen LogP contribution in [0.25, 0.3) is 0 Å². The second kappa shape index (κ2) is 6.51. The highest BCUT2D eigenvalue weighted by Gasteiger charge is 2.33. The maximum Gasteiger partial charge on any atom is 0.293 e. The van der Waals surface area contributed by atoms with Crippen LogP contribution in [0.1, 0.15) is 11.7 Å². The van der Waals surface area contributed by atoms with Crippen molar-refractivity contribution >= 4 is 5.82 Å². The average molecular weight is 318 g/mol. The Hall–Kier alpha value is -2.19. The third kappa shape index (κ3) is 3.13. The molecule has 2 aromatic heterocycles. The number of nitrogens with zero attached hydrogens (tertiary/aromatic N) is 5. The number of likely N-dealkylation sites (N-methyl/N-ethyl adjacent to an activating group) is 1. The summed E-state index contributed by atoms with van der Waals surface area (Å²) in [7, 11) is 5.71. The SMILES string of the molecule is CN1CCO[C@@H](CNc2nccn(C)c2=O)[C@@H]1c1ccnn1C. The third-order valence-electron chi connectivity index (χ3n) is 4.25. The molecule has 8 nitrogen and oxygen atoms in total. The van der Waals surface area contributed by atoms with Crippen molar-refractivity contribution in [1.29, 1.82) is 0 Å². The van der Waals surface area contributed by atoms with Gasteiger partial charge in [0.1, 0.15) is 0 Å². The summed E-state index contributed by atoms with van der Waals surface area (Å²) < 4.78 is 9.32. The lowest BCUT2D eigenvalue weighted by Crippen LogP contribution is -2.47. The largest absolute Gasteiger partial charge is 0.373 e. The van der Waals surface area contributed by atoms with Crippen LogP contribution < -0.4 is 10.9 Å². The zero-order chi connectivity index (χ0) is 16.4. The van der Waals surface area contributed by atoms with Gasteiger partial charge in [0.2, 0.25) is 0 Å². The molecule has 1 N–H and O–H groups in total. The van der Waals surface area contributed by atoms with Gasteiger partial charge in [0.15, 0.2) is 5.82 Å². The Balaban J connectivity index is 1.78. The van der Waals surface area contributed by atoms with E-state index in [4.69, 9.17) is 4.74 Å². The van der Waals surface area contributed by atoms with E-state index in [1.54, 1.807) is 25.6 Å². The molecule has 124 valence electrons. The second-order valence-electron chi connectivity index (χ2n) is 5.79. The van der Waals surface area contributed by atoms with Crippen molar-refractivity contribution in [3.8, 4) is 0 Å². The predicted molar refractivity (Wildman–Crippen MR) is 86.3 cm³/mol. The summed E-state index contributed by atoms with van der Waals surface area (Å²) in [4.78, 5) is 18.4. The van der Waals surface area contributed by atoms with E-state index in [2.05, 4.69) is 27.3 Å². The molecule has 1 aliphatic heterocycles. The van der Waals surface area contributed by atoms with Gasteiger partial charge in [-0.3, -0.25) is 14.4 Å². The lowest BCUT2D eigenvalue weighted by atomic mass is 10.0. The highest BCUT2D eigenvalue weighted by atomic mass is 16.5. The molecule has 0 radical (unpaired) electrons. The van der Waals surface area contributed by atoms with E-state index < -0.39 is 0 Å². The van der Waals surface area contributed by atoms with E-state index in [-0.39, 0.29) is 17.7 Å². The van der Waals surface area contributed by atoms with Gasteiger partial charge in [0.25, 0.3) is 5.56 Å². The minimum Gasteiger partial charge on any atom is -0.373 e. The van der Waals surface area contributed by atoms with E-state index >= 15 is 0 Å². The summed E-state index contributed by atoms with van der Waals surface area (Å²) in [5.41, 5.74) is 0.946. The van der Waals surface area contributed by atoms with Crippen molar-refractivity contribution in [2.45, 2.75) is 12.1 Å². The number of hydrogen-bond acceptors (Lipinski definition) is 6. The van der Waals surface area contributed by atoms with Crippen LogP contribution in [0.5, 0.6) is 0 Å². The van der Waals surface area contributed by atoms with Gasteiger partial charge in [-0.2, -0.15) is 5.10 Å².